The van der Waals surface area contributed by atoms with Gasteiger partial charge in [-0.25, -0.2) is 0 Å². The molecule has 0 spiro atoms. The van der Waals surface area contributed by atoms with Gasteiger partial charge in [0, 0.05) is 37.8 Å². The van der Waals surface area contributed by atoms with E-state index in [4.69, 9.17) is 4.74 Å². The number of nitrogens with one attached hydrogen (secondary N) is 1. The van der Waals surface area contributed by atoms with E-state index < -0.39 is 0 Å². The smallest absolute Gasteiger partial charge is 0.124 e. The van der Waals surface area contributed by atoms with Crippen LogP contribution in [-0.4, -0.2) is 37.7 Å². The number of ether oxygens (including phenoxy) is 1. The maximum Gasteiger partial charge on any atom is 0.124 e. The first-order valence-electron chi connectivity index (χ1n) is 7.14. The van der Waals surface area contributed by atoms with E-state index in [-0.39, 0.29) is 0 Å². The van der Waals surface area contributed by atoms with Crippen LogP contribution in [0.2, 0.25) is 0 Å². The van der Waals surface area contributed by atoms with Crippen molar-refractivity contribution in [1.82, 2.24) is 10.2 Å². The van der Waals surface area contributed by atoms with Gasteiger partial charge >= 0.3 is 0 Å². The van der Waals surface area contributed by atoms with Crippen molar-refractivity contribution < 1.29 is 4.74 Å². The Kier molecular flexibility index (Phi) is 5.43. The Hall–Kier alpha value is -1.32. The number of benzene rings is 1. The highest BCUT2D eigenvalue weighted by atomic mass is 16.5. The summed E-state index contributed by atoms with van der Waals surface area (Å²) in [6, 6.07) is 8.76. The van der Waals surface area contributed by atoms with Crippen LogP contribution in [0.15, 0.2) is 36.9 Å². The molecule has 1 saturated heterocycles. The van der Waals surface area contributed by atoms with Crippen molar-refractivity contribution in [3.63, 3.8) is 0 Å². The molecule has 3 heteroatoms. The first-order valence-corrected chi connectivity index (χ1v) is 7.14. The highest BCUT2D eigenvalue weighted by Gasteiger charge is 2.23. The topological polar surface area (TPSA) is 24.5 Å². The lowest BCUT2D eigenvalue weighted by Gasteiger charge is -2.35. The van der Waals surface area contributed by atoms with Crippen LogP contribution in [0.5, 0.6) is 5.75 Å². The van der Waals surface area contributed by atoms with Crippen LogP contribution in [0.1, 0.15) is 24.9 Å². The Labute approximate surface area is 116 Å². The van der Waals surface area contributed by atoms with Gasteiger partial charge in [0.2, 0.25) is 0 Å². The van der Waals surface area contributed by atoms with Crippen LogP contribution in [0.3, 0.4) is 0 Å². The van der Waals surface area contributed by atoms with Crippen molar-refractivity contribution in [2.24, 2.45) is 0 Å². The molecule has 19 heavy (non-hydrogen) atoms. The third-order valence-corrected chi connectivity index (χ3v) is 3.56. The van der Waals surface area contributed by atoms with E-state index in [0.717, 1.165) is 38.3 Å². The number of para-hydroxylation sites is 1. The summed E-state index contributed by atoms with van der Waals surface area (Å²) in [5.74, 6) is 1.01. The first-order chi connectivity index (χ1) is 9.36. The summed E-state index contributed by atoms with van der Waals surface area (Å²) in [7, 11) is 0. The van der Waals surface area contributed by atoms with Gasteiger partial charge in [0.1, 0.15) is 5.75 Å². The molecule has 1 N–H and O–H groups in total. The molecule has 3 nitrogen and oxygen atoms in total. The molecule has 1 aromatic carbocycles. The van der Waals surface area contributed by atoms with Crippen molar-refractivity contribution in [2.75, 3.05) is 32.8 Å². The Bertz CT molecular complexity index is 399. The van der Waals surface area contributed by atoms with Crippen LogP contribution in [0, 0.1) is 0 Å². The van der Waals surface area contributed by atoms with Gasteiger partial charge in [-0.1, -0.05) is 24.3 Å². The zero-order valence-corrected chi connectivity index (χ0v) is 11.8. The van der Waals surface area contributed by atoms with E-state index >= 15 is 0 Å². The molecule has 0 aromatic heterocycles. The maximum atomic E-state index is 5.78. The maximum absolute atomic E-state index is 5.78. The molecular weight excluding hydrogens is 236 g/mol. The Morgan fingerprint density at radius 3 is 2.79 bits per heavy atom. The average Bonchev–Trinajstić information content (AvgIpc) is 2.47. The second kappa shape index (κ2) is 7.31. The van der Waals surface area contributed by atoms with Gasteiger partial charge in [-0.05, 0) is 19.4 Å². The zero-order valence-electron chi connectivity index (χ0n) is 11.8. The Morgan fingerprint density at radius 1 is 1.37 bits per heavy atom. The summed E-state index contributed by atoms with van der Waals surface area (Å²) >= 11 is 0. The molecule has 1 aliphatic rings. The molecule has 1 atom stereocenters. The number of nitrogens with zero attached hydrogens (tertiary/aromatic N) is 1. The van der Waals surface area contributed by atoms with Gasteiger partial charge in [0.05, 0.1) is 6.61 Å². The fourth-order valence-corrected chi connectivity index (χ4v) is 2.67. The second-order valence-corrected chi connectivity index (χ2v) is 4.80. The number of hydrogen-bond acceptors (Lipinski definition) is 3. The molecule has 0 amide bonds. The van der Waals surface area contributed by atoms with Crippen LogP contribution >= 0.6 is 0 Å². The molecule has 1 fully saturated rings. The van der Waals surface area contributed by atoms with Gasteiger partial charge < -0.3 is 10.1 Å². The summed E-state index contributed by atoms with van der Waals surface area (Å²) in [4.78, 5) is 2.52. The SMILES string of the molecule is C=CC[C@H](c1ccccc1OCC)N1CCNCC1. The summed E-state index contributed by atoms with van der Waals surface area (Å²) in [5, 5.41) is 3.40. The fourth-order valence-electron chi connectivity index (χ4n) is 2.67. The quantitative estimate of drug-likeness (QED) is 0.796. The minimum Gasteiger partial charge on any atom is -0.494 e. The third kappa shape index (κ3) is 3.58. The summed E-state index contributed by atoms with van der Waals surface area (Å²) in [6.45, 7) is 10.9. The molecule has 0 bridgehead atoms. The molecule has 0 aliphatic carbocycles. The van der Waals surface area contributed by atoms with Crippen molar-refractivity contribution >= 4 is 0 Å². The van der Waals surface area contributed by atoms with E-state index in [9.17, 15) is 0 Å². The Balaban J connectivity index is 2.24. The first kappa shape index (κ1) is 14.1. The second-order valence-electron chi connectivity index (χ2n) is 4.80. The van der Waals surface area contributed by atoms with E-state index in [1.165, 1.54) is 5.56 Å². The molecule has 1 aromatic rings. The molecule has 2 rings (SSSR count). The zero-order chi connectivity index (χ0) is 13.5. The van der Waals surface area contributed by atoms with Crippen molar-refractivity contribution in [3.8, 4) is 5.75 Å². The summed E-state index contributed by atoms with van der Waals surface area (Å²) in [5.41, 5.74) is 1.28. The standard InChI is InChI=1S/C16H24N2O/c1-3-7-15(18-12-10-17-11-13-18)14-8-5-6-9-16(14)19-4-2/h3,5-6,8-9,15,17H,1,4,7,10-13H2,2H3/t15-/m1/s1. The average molecular weight is 260 g/mol. The van der Waals surface area contributed by atoms with Crippen molar-refractivity contribution in [3.05, 3.63) is 42.5 Å². The minimum absolute atomic E-state index is 0.377. The highest BCUT2D eigenvalue weighted by Crippen LogP contribution is 2.32. The lowest BCUT2D eigenvalue weighted by atomic mass is 10.00. The number of piperazine rings is 1. The highest BCUT2D eigenvalue weighted by molar-refractivity contribution is 5.36. The van der Waals surface area contributed by atoms with E-state index in [0.29, 0.717) is 12.6 Å². The van der Waals surface area contributed by atoms with Crippen molar-refractivity contribution in [2.45, 2.75) is 19.4 Å². The van der Waals surface area contributed by atoms with Crippen molar-refractivity contribution in [1.29, 1.82) is 0 Å². The Morgan fingerprint density at radius 2 is 2.11 bits per heavy atom. The van der Waals surface area contributed by atoms with Gasteiger partial charge in [0.15, 0.2) is 0 Å². The van der Waals surface area contributed by atoms with Crippen LogP contribution in [0.25, 0.3) is 0 Å². The van der Waals surface area contributed by atoms with Gasteiger partial charge in [-0.2, -0.15) is 0 Å². The lowest BCUT2D eigenvalue weighted by molar-refractivity contribution is 0.170. The van der Waals surface area contributed by atoms with Crippen LogP contribution in [-0.2, 0) is 0 Å². The third-order valence-electron chi connectivity index (χ3n) is 3.56. The van der Waals surface area contributed by atoms with Crippen LogP contribution < -0.4 is 10.1 Å². The largest absolute Gasteiger partial charge is 0.494 e. The van der Waals surface area contributed by atoms with Gasteiger partial charge in [-0.15, -0.1) is 6.58 Å². The molecule has 0 unspecified atom stereocenters. The molecule has 0 saturated carbocycles. The van der Waals surface area contributed by atoms with E-state index in [1.807, 2.05) is 19.1 Å². The summed E-state index contributed by atoms with van der Waals surface area (Å²) in [6.07, 6.45) is 2.97. The van der Waals surface area contributed by atoms with Gasteiger partial charge in [0.25, 0.3) is 0 Å². The predicted octanol–water partition coefficient (Wildman–Crippen LogP) is 2.61. The predicted molar refractivity (Wildman–Crippen MR) is 79.6 cm³/mol. The molecule has 1 heterocycles. The number of hydrogen-bond donors (Lipinski definition) is 1. The monoisotopic (exact) mass is 260 g/mol. The normalized spacial score (nSPS) is 17.9. The fraction of sp³-hybridized carbons (Fsp3) is 0.500. The molecule has 1 aliphatic heterocycles. The van der Waals surface area contributed by atoms with E-state index in [2.05, 4.69) is 35.0 Å². The molecule has 0 radical (unpaired) electrons. The lowest BCUT2D eigenvalue weighted by Crippen LogP contribution is -2.45. The van der Waals surface area contributed by atoms with Gasteiger partial charge in [-0.3, -0.25) is 4.90 Å². The minimum atomic E-state index is 0.377. The molecule has 104 valence electrons. The molecular formula is C16H24N2O. The van der Waals surface area contributed by atoms with Crippen LogP contribution in [0.4, 0.5) is 0 Å². The summed E-state index contributed by atoms with van der Waals surface area (Å²) < 4.78 is 5.78. The number of rotatable bonds is 6. The van der Waals surface area contributed by atoms with E-state index in [1.54, 1.807) is 0 Å².